The standard InChI is InChI=1S/C18H25FN2O3/c19-15-2-4-16(5-3-15)24-13-18(23)8-1-11-21(12-18)17(22)14-6-9-20-10-7-14/h2-5,14,20,23H,1,6-13H2. The number of carbonyl (C=O) groups is 1. The van der Waals surface area contributed by atoms with Gasteiger partial charge in [-0.1, -0.05) is 0 Å². The van der Waals surface area contributed by atoms with Gasteiger partial charge in [-0.25, -0.2) is 4.39 Å². The molecular weight excluding hydrogens is 311 g/mol. The molecule has 0 aromatic heterocycles. The van der Waals surface area contributed by atoms with E-state index in [0.717, 1.165) is 32.4 Å². The van der Waals surface area contributed by atoms with Crippen LogP contribution in [0.3, 0.4) is 0 Å². The van der Waals surface area contributed by atoms with Gasteiger partial charge in [-0.05, 0) is 63.0 Å². The molecule has 2 aliphatic rings. The van der Waals surface area contributed by atoms with Crippen molar-refractivity contribution in [2.24, 2.45) is 5.92 Å². The second-order valence-corrected chi connectivity index (χ2v) is 6.85. The Morgan fingerprint density at radius 3 is 2.75 bits per heavy atom. The molecule has 3 rings (SSSR count). The highest BCUT2D eigenvalue weighted by molar-refractivity contribution is 5.79. The number of carbonyl (C=O) groups excluding carboxylic acids is 1. The van der Waals surface area contributed by atoms with Crippen LogP contribution in [-0.2, 0) is 4.79 Å². The fourth-order valence-corrected chi connectivity index (χ4v) is 3.49. The Hall–Kier alpha value is -1.66. The minimum atomic E-state index is -1.05. The van der Waals surface area contributed by atoms with E-state index in [1.807, 2.05) is 0 Å². The molecule has 1 aromatic rings. The fraction of sp³-hybridized carbons (Fsp3) is 0.611. The Balaban J connectivity index is 1.56. The summed E-state index contributed by atoms with van der Waals surface area (Å²) < 4.78 is 18.5. The van der Waals surface area contributed by atoms with Crippen LogP contribution >= 0.6 is 0 Å². The highest BCUT2D eigenvalue weighted by atomic mass is 19.1. The summed E-state index contributed by atoms with van der Waals surface area (Å²) in [5, 5.41) is 14.1. The smallest absolute Gasteiger partial charge is 0.225 e. The Morgan fingerprint density at radius 1 is 1.33 bits per heavy atom. The van der Waals surface area contributed by atoms with E-state index in [2.05, 4.69) is 5.32 Å². The number of rotatable bonds is 4. The molecule has 2 aliphatic heterocycles. The van der Waals surface area contributed by atoms with E-state index < -0.39 is 5.60 Å². The highest BCUT2D eigenvalue weighted by Gasteiger charge is 2.38. The van der Waals surface area contributed by atoms with Gasteiger partial charge in [0.2, 0.25) is 5.91 Å². The number of hydrogen-bond donors (Lipinski definition) is 2. The Morgan fingerprint density at radius 2 is 2.04 bits per heavy atom. The van der Waals surface area contributed by atoms with E-state index in [1.165, 1.54) is 12.1 Å². The molecular formula is C18H25FN2O3. The summed E-state index contributed by atoms with van der Waals surface area (Å²) >= 11 is 0. The topological polar surface area (TPSA) is 61.8 Å². The molecule has 1 aromatic carbocycles. The van der Waals surface area contributed by atoms with Crippen LogP contribution in [0, 0.1) is 11.7 Å². The van der Waals surface area contributed by atoms with Crippen LogP contribution in [0.1, 0.15) is 25.7 Å². The van der Waals surface area contributed by atoms with Gasteiger partial charge in [-0.15, -0.1) is 0 Å². The maximum atomic E-state index is 12.9. The van der Waals surface area contributed by atoms with Crippen LogP contribution < -0.4 is 10.1 Å². The molecule has 2 saturated heterocycles. The third-order valence-electron chi connectivity index (χ3n) is 4.88. The van der Waals surface area contributed by atoms with Gasteiger partial charge in [-0.2, -0.15) is 0 Å². The molecule has 2 N–H and O–H groups in total. The summed E-state index contributed by atoms with van der Waals surface area (Å²) in [7, 11) is 0. The number of nitrogens with zero attached hydrogens (tertiary/aromatic N) is 1. The molecule has 0 aliphatic carbocycles. The number of piperidine rings is 2. The molecule has 1 unspecified atom stereocenters. The van der Waals surface area contributed by atoms with Gasteiger partial charge >= 0.3 is 0 Å². The van der Waals surface area contributed by atoms with E-state index in [-0.39, 0.29) is 24.2 Å². The number of amides is 1. The lowest BCUT2D eigenvalue weighted by Gasteiger charge is -2.40. The number of halogens is 1. The van der Waals surface area contributed by atoms with Gasteiger partial charge in [0, 0.05) is 12.5 Å². The van der Waals surface area contributed by atoms with E-state index in [0.29, 0.717) is 25.3 Å². The number of ether oxygens (including phenoxy) is 1. The van der Waals surface area contributed by atoms with E-state index in [4.69, 9.17) is 4.74 Å². The maximum Gasteiger partial charge on any atom is 0.225 e. The molecule has 0 saturated carbocycles. The first-order valence-electron chi connectivity index (χ1n) is 8.66. The van der Waals surface area contributed by atoms with Crippen LogP contribution in [0.15, 0.2) is 24.3 Å². The first-order valence-corrected chi connectivity index (χ1v) is 8.66. The molecule has 1 atom stereocenters. The summed E-state index contributed by atoms with van der Waals surface area (Å²) in [6.45, 7) is 2.86. The maximum absolute atomic E-state index is 12.9. The van der Waals surface area contributed by atoms with Crippen molar-refractivity contribution in [3.63, 3.8) is 0 Å². The predicted molar refractivity (Wildman–Crippen MR) is 88.3 cm³/mol. The number of β-amino-alcohol motifs (C(OH)–C–C–N with tert-alkyl or cyclic N) is 1. The molecule has 0 radical (unpaired) electrons. The second kappa shape index (κ2) is 7.49. The largest absolute Gasteiger partial charge is 0.491 e. The minimum absolute atomic E-state index is 0.0617. The van der Waals surface area contributed by atoms with Gasteiger partial charge in [0.25, 0.3) is 0 Å². The van der Waals surface area contributed by atoms with Gasteiger partial charge in [0.05, 0.1) is 6.54 Å². The van der Waals surface area contributed by atoms with Crippen molar-refractivity contribution in [1.29, 1.82) is 0 Å². The van der Waals surface area contributed by atoms with Gasteiger partial charge in [-0.3, -0.25) is 4.79 Å². The van der Waals surface area contributed by atoms with Crippen LogP contribution in [0.4, 0.5) is 4.39 Å². The fourth-order valence-electron chi connectivity index (χ4n) is 3.49. The van der Waals surface area contributed by atoms with Gasteiger partial charge in [0.15, 0.2) is 0 Å². The van der Waals surface area contributed by atoms with Crippen LogP contribution in [-0.4, -0.2) is 54.3 Å². The molecule has 132 valence electrons. The zero-order chi connectivity index (χ0) is 17.0. The van der Waals surface area contributed by atoms with Crippen LogP contribution in [0.2, 0.25) is 0 Å². The number of benzene rings is 1. The van der Waals surface area contributed by atoms with Crippen LogP contribution in [0.5, 0.6) is 5.75 Å². The molecule has 5 nitrogen and oxygen atoms in total. The van der Waals surface area contributed by atoms with E-state index in [9.17, 15) is 14.3 Å². The van der Waals surface area contributed by atoms with Crippen molar-refractivity contribution in [2.75, 3.05) is 32.8 Å². The molecule has 0 spiro atoms. The van der Waals surface area contributed by atoms with E-state index >= 15 is 0 Å². The summed E-state index contributed by atoms with van der Waals surface area (Å²) in [6, 6.07) is 5.74. The Kier molecular flexibility index (Phi) is 5.36. The first kappa shape index (κ1) is 17.2. The number of nitrogens with one attached hydrogen (secondary N) is 1. The van der Waals surface area contributed by atoms with Crippen molar-refractivity contribution in [1.82, 2.24) is 10.2 Å². The summed E-state index contributed by atoms with van der Waals surface area (Å²) in [5.74, 6) is 0.409. The van der Waals surface area contributed by atoms with Crippen molar-refractivity contribution in [3.05, 3.63) is 30.1 Å². The first-order chi connectivity index (χ1) is 11.6. The molecule has 1 amide bonds. The number of hydrogen-bond acceptors (Lipinski definition) is 4. The van der Waals surface area contributed by atoms with Crippen molar-refractivity contribution in [3.8, 4) is 5.75 Å². The van der Waals surface area contributed by atoms with Crippen molar-refractivity contribution >= 4 is 5.91 Å². The molecule has 24 heavy (non-hydrogen) atoms. The average Bonchev–Trinajstić information content (AvgIpc) is 2.61. The molecule has 2 heterocycles. The Bertz CT molecular complexity index is 560. The molecule has 6 heteroatoms. The Labute approximate surface area is 141 Å². The average molecular weight is 336 g/mol. The summed E-state index contributed by atoms with van der Waals surface area (Å²) in [5.41, 5.74) is -1.05. The van der Waals surface area contributed by atoms with Crippen molar-refractivity contribution < 1.29 is 19.0 Å². The SMILES string of the molecule is O=C(C1CCNCC1)N1CCCC(O)(COc2ccc(F)cc2)C1. The van der Waals surface area contributed by atoms with Gasteiger partial charge in [0.1, 0.15) is 23.8 Å². The predicted octanol–water partition coefficient (Wildman–Crippen LogP) is 1.56. The summed E-state index contributed by atoms with van der Waals surface area (Å²) in [6.07, 6.45) is 3.09. The zero-order valence-electron chi connectivity index (χ0n) is 13.8. The third kappa shape index (κ3) is 4.24. The van der Waals surface area contributed by atoms with Crippen LogP contribution in [0.25, 0.3) is 0 Å². The highest BCUT2D eigenvalue weighted by Crippen LogP contribution is 2.26. The van der Waals surface area contributed by atoms with E-state index in [1.54, 1.807) is 17.0 Å². The second-order valence-electron chi connectivity index (χ2n) is 6.85. The minimum Gasteiger partial charge on any atom is -0.491 e. The lowest BCUT2D eigenvalue weighted by Crippen LogP contribution is -2.55. The number of aliphatic hydroxyl groups is 1. The van der Waals surface area contributed by atoms with Crippen molar-refractivity contribution in [2.45, 2.75) is 31.3 Å². The summed E-state index contributed by atoms with van der Waals surface area (Å²) in [4.78, 5) is 14.4. The third-order valence-corrected chi connectivity index (χ3v) is 4.88. The van der Waals surface area contributed by atoms with Gasteiger partial charge < -0.3 is 20.1 Å². The quantitative estimate of drug-likeness (QED) is 0.876. The monoisotopic (exact) mass is 336 g/mol. The normalized spacial score (nSPS) is 25.5. The number of likely N-dealkylation sites (tertiary alicyclic amines) is 1. The molecule has 2 fully saturated rings. The zero-order valence-corrected chi connectivity index (χ0v) is 13.8. The molecule has 0 bridgehead atoms. The lowest BCUT2D eigenvalue weighted by molar-refractivity contribution is -0.145. The lowest BCUT2D eigenvalue weighted by atomic mass is 9.90.